The van der Waals surface area contributed by atoms with Crippen LogP contribution >= 0.6 is 0 Å². The van der Waals surface area contributed by atoms with Crippen molar-refractivity contribution < 1.29 is 19.2 Å². The van der Waals surface area contributed by atoms with Crippen LogP contribution < -0.4 is 0 Å². The number of hydrogen-bond acceptors (Lipinski definition) is 6. The van der Waals surface area contributed by atoms with Crippen LogP contribution in [0.1, 0.15) is 27.9 Å². The predicted octanol–water partition coefficient (Wildman–Crippen LogP) is 3.44. The first kappa shape index (κ1) is 19.3. The fraction of sp³-hybridized carbons (Fsp3) is 0.318. The molecule has 2 atom stereocenters. The Morgan fingerprint density at radius 1 is 1.24 bits per heavy atom. The number of nitrogens with zero attached hydrogens (tertiary/aromatic N) is 2. The van der Waals surface area contributed by atoms with E-state index >= 15 is 0 Å². The molecule has 2 aliphatic rings. The molecule has 0 N–H and O–H groups in total. The van der Waals surface area contributed by atoms with Crippen LogP contribution in [-0.2, 0) is 16.0 Å². The highest BCUT2D eigenvalue weighted by Gasteiger charge is 2.35. The Hall–Kier alpha value is -3.03. The van der Waals surface area contributed by atoms with E-state index in [1.165, 1.54) is 24.8 Å². The quantitative estimate of drug-likeness (QED) is 0.439. The van der Waals surface area contributed by atoms with Gasteiger partial charge in [0.15, 0.2) is 0 Å². The highest BCUT2D eigenvalue weighted by molar-refractivity contribution is 5.91. The first-order valence-corrected chi connectivity index (χ1v) is 9.51. The number of carbonyl (C=O) groups excluding carboxylic acids is 1. The van der Waals surface area contributed by atoms with Crippen LogP contribution in [0, 0.1) is 10.1 Å². The van der Waals surface area contributed by atoms with E-state index in [0.29, 0.717) is 25.2 Å². The maximum atomic E-state index is 12.0. The van der Waals surface area contributed by atoms with Crippen LogP contribution in [0.5, 0.6) is 0 Å². The number of nitro benzene ring substituents is 1. The third-order valence-corrected chi connectivity index (χ3v) is 5.47. The number of methoxy groups -OCH3 is 1. The van der Waals surface area contributed by atoms with E-state index in [0.717, 1.165) is 12.1 Å². The Labute approximate surface area is 168 Å². The van der Waals surface area contributed by atoms with Gasteiger partial charge in [-0.25, -0.2) is 4.79 Å². The Morgan fingerprint density at radius 2 is 2.03 bits per heavy atom. The molecule has 0 amide bonds. The Morgan fingerprint density at radius 3 is 2.72 bits per heavy atom. The topological polar surface area (TPSA) is 81.9 Å². The van der Waals surface area contributed by atoms with Gasteiger partial charge in [0.1, 0.15) is 0 Å². The van der Waals surface area contributed by atoms with E-state index < -0.39 is 10.9 Å². The predicted molar refractivity (Wildman–Crippen MR) is 107 cm³/mol. The molecule has 7 nitrogen and oxygen atoms in total. The molecule has 0 saturated carbocycles. The highest BCUT2D eigenvalue weighted by Crippen LogP contribution is 2.35. The van der Waals surface area contributed by atoms with Crippen LogP contribution in [0.2, 0.25) is 0 Å². The number of morpholine rings is 1. The molecule has 2 aromatic rings. The summed E-state index contributed by atoms with van der Waals surface area (Å²) in [4.78, 5) is 25.3. The van der Waals surface area contributed by atoms with E-state index in [1.54, 1.807) is 6.07 Å². The standard InChI is InChI=1S/C22H22N2O5/c1-28-22(25)18-7-16(8-19(11-18)24(26)27)17-9-20-13-29-14-21(10-17)23(20)12-15-5-3-2-4-6-15/h2-9,11,20-21H,10,12-14H2,1H3. The van der Waals surface area contributed by atoms with Crippen LogP contribution in [0.4, 0.5) is 5.69 Å². The van der Waals surface area contributed by atoms with Gasteiger partial charge in [0.05, 0.1) is 36.9 Å². The van der Waals surface area contributed by atoms with Crippen LogP contribution in [0.3, 0.4) is 0 Å². The molecule has 150 valence electrons. The van der Waals surface area contributed by atoms with E-state index in [-0.39, 0.29) is 23.3 Å². The van der Waals surface area contributed by atoms with Crippen molar-refractivity contribution in [1.82, 2.24) is 4.90 Å². The molecule has 2 aliphatic heterocycles. The minimum atomic E-state index is -0.583. The summed E-state index contributed by atoms with van der Waals surface area (Å²) in [5.74, 6) is -0.583. The number of non-ortho nitro benzene ring substituents is 1. The summed E-state index contributed by atoms with van der Waals surface area (Å²) >= 11 is 0. The minimum absolute atomic E-state index is 0.0820. The number of ether oxygens (including phenoxy) is 2. The summed E-state index contributed by atoms with van der Waals surface area (Å²) in [6, 6.07) is 15.0. The second kappa shape index (κ2) is 8.14. The largest absolute Gasteiger partial charge is 0.465 e. The van der Waals surface area contributed by atoms with Gasteiger partial charge in [0.25, 0.3) is 5.69 Å². The molecule has 0 aromatic heterocycles. The lowest BCUT2D eigenvalue weighted by molar-refractivity contribution is -0.384. The molecule has 2 bridgehead atoms. The van der Waals surface area contributed by atoms with Gasteiger partial charge in [0.2, 0.25) is 0 Å². The third-order valence-electron chi connectivity index (χ3n) is 5.47. The summed E-state index contributed by atoms with van der Waals surface area (Å²) in [5, 5.41) is 11.4. The molecule has 0 aliphatic carbocycles. The lowest BCUT2D eigenvalue weighted by Gasteiger charge is -2.44. The van der Waals surface area contributed by atoms with Crippen molar-refractivity contribution in [3.05, 3.63) is 81.4 Å². The molecule has 2 heterocycles. The van der Waals surface area contributed by atoms with Crippen LogP contribution in [0.25, 0.3) is 5.57 Å². The van der Waals surface area contributed by atoms with Gasteiger partial charge in [0, 0.05) is 24.7 Å². The first-order chi connectivity index (χ1) is 14.0. The van der Waals surface area contributed by atoms with Crippen molar-refractivity contribution in [3.8, 4) is 0 Å². The highest BCUT2D eigenvalue weighted by atomic mass is 16.6. The van der Waals surface area contributed by atoms with Crippen LogP contribution in [-0.4, -0.2) is 48.2 Å². The van der Waals surface area contributed by atoms with E-state index in [2.05, 4.69) is 23.1 Å². The Kier molecular flexibility index (Phi) is 5.42. The van der Waals surface area contributed by atoms with E-state index in [4.69, 9.17) is 9.47 Å². The second-order valence-electron chi connectivity index (χ2n) is 7.33. The normalized spacial score (nSPS) is 21.3. The van der Waals surface area contributed by atoms with Gasteiger partial charge < -0.3 is 9.47 Å². The monoisotopic (exact) mass is 394 g/mol. The summed E-state index contributed by atoms with van der Waals surface area (Å²) in [7, 11) is 1.27. The fourth-order valence-corrected chi connectivity index (χ4v) is 4.05. The number of esters is 1. The number of benzene rings is 2. The Balaban J connectivity index is 1.67. The molecule has 2 unspecified atom stereocenters. The molecule has 0 radical (unpaired) electrons. The lowest BCUT2D eigenvalue weighted by Crippen LogP contribution is -2.53. The zero-order valence-electron chi connectivity index (χ0n) is 16.1. The van der Waals surface area contributed by atoms with Gasteiger partial charge in [-0.3, -0.25) is 15.0 Å². The molecular formula is C22H22N2O5. The number of carbonyl (C=O) groups is 1. The average Bonchev–Trinajstić information content (AvgIpc) is 2.73. The van der Waals surface area contributed by atoms with Crippen molar-refractivity contribution >= 4 is 17.2 Å². The molecule has 4 rings (SSSR count). The zero-order valence-corrected chi connectivity index (χ0v) is 16.1. The maximum Gasteiger partial charge on any atom is 0.338 e. The number of nitro groups is 1. The minimum Gasteiger partial charge on any atom is -0.465 e. The summed E-state index contributed by atoms with van der Waals surface area (Å²) < 4.78 is 10.5. The van der Waals surface area contributed by atoms with Crippen molar-refractivity contribution in [2.24, 2.45) is 0 Å². The van der Waals surface area contributed by atoms with Gasteiger partial charge in [-0.05, 0) is 29.2 Å². The SMILES string of the molecule is COC(=O)c1cc(C2=CC3COCC(C2)N3Cc2ccccc2)cc([N+](=O)[O-])c1. The summed E-state index contributed by atoms with van der Waals surface area (Å²) in [6.07, 6.45) is 2.81. The number of fused-ring (bicyclic) bond motifs is 2. The van der Waals surface area contributed by atoms with Gasteiger partial charge >= 0.3 is 5.97 Å². The zero-order chi connectivity index (χ0) is 20.4. The molecule has 7 heteroatoms. The molecular weight excluding hydrogens is 372 g/mol. The first-order valence-electron chi connectivity index (χ1n) is 9.51. The van der Waals surface area contributed by atoms with E-state index in [9.17, 15) is 14.9 Å². The summed E-state index contributed by atoms with van der Waals surface area (Å²) in [6.45, 7) is 2.01. The third kappa shape index (κ3) is 4.06. The second-order valence-corrected chi connectivity index (χ2v) is 7.33. The molecule has 1 saturated heterocycles. The fourth-order valence-electron chi connectivity index (χ4n) is 4.05. The van der Waals surface area contributed by atoms with Gasteiger partial charge in [-0.15, -0.1) is 0 Å². The maximum absolute atomic E-state index is 12.0. The molecule has 2 aromatic carbocycles. The Bertz CT molecular complexity index is 957. The average molecular weight is 394 g/mol. The van der Waals surface area contributed by atoms with Crippen molar-refractivity contribution in [2.45, 2.75) is 25.0 Å². The number of hydrogen-bond donors (Lipinski definition) is 0. The lowest BCUT2D eigenvalue weighted by atomic mass is 9.88. The smallest absolute Gasteiger partial charge is 0.338 e. The molecule has 0 spiro atoms. The van der Waals surface area contributed by atoms with Gasteiger partial charge in [-0.2, -0.15) is 0 Å². The number of rotatable bonds is 5. The molecule has 1 fully saturated rings. The van der Waals surface area contributed by atoms with Gasteiger partial charge in [-0.1, -0.05) is 36.4 Å². The summed E-state index contributed by atoms with van der Waals surface area (Å²) in [5.41, 5.74) is 3.00. The van der Waals surface area contributed by atoms with Crippen molar-refractivity contribution in [2.75, 3.05) is 20.3 Å². The molecule has 29 heavy (non-hydrogen) atoms. The van der Waals surface area contributed by atoms with Crippen LogP contribution in [0.15, 0.2) is 54.6 Å². The van der Waals surface area contributed by atoms with E-state index in [1.807, 2.05) is 18.2 Å². The van der Waals surface area contributed by atoms with Crippen molar-refractivity contribution in [1.29, 1.82) is 0 Å². The van der Waals surface area contributed by atoms with Crippen molar-refractivity contribution in [3.63, 3.8) is 0 Å².